The largest absolute Gasteiger partial charge is 0.340 e. The lowest BCUT2D eigenvalue weighted by Gasteiger charge is -2.20. The Balaban J connectivity index is 1.90. The highest BCUT2D eigenvalue weighted by Crippen LogP contribution is 2.25. The van der Waals surface area contributed by atoms with Crippen molar-refractivity contribution in [1.82, 2.24) is 14.5 Å². The zero-order valence-electron chi connectivity index (χ0n) is 17.4. The Bertz CT molecular complexity index is 1280. The van der Waals surface area contributed by atoms with Crippen LogP contribution in [0.1, 0.15) is 27.2 Å². The van der Waals surface area contributed by atoms with Gasteiger partial charge in [-0.2, -0.15) is 0 Å². The van der Waals surface area contributed by atoms with Gasteiger partial charge in [-0.3, -0.25) is 19.6 Å². The van der Waals surface area contributed by atoms with Crippen LogP contribution >= 0.6 is 0 Å². The highest BCUT2D eigenvalue weighted by molar-refractivity contribution is 6.08. The van der Waals surface area contributed by atoms with Crippen LogP contribution in [0.2, 0.25) is 0 Å². The SMILES string of the molecule is Cc1ccccc1NC(=O)c1c(-c2cccnc2)n(Cc2ccncc2)c(C)cc1=O. The Hall–Kier alpha value is -4.06. The lowest BCUT2D eigenvalue weighted by Crippen LogP contribution is -2.27. The molecule has 0 saturated heterocycles. The van der Waals surface area contributed by atoms with Crippen molar-refractivity contribution >= 4 is 11.6 Å². The molecule has 1 N–H and O–H groups in total. The van der Waals surface area contributed by atoms with Gasteiger partial charge in [-0.1, -0.05) is 18.2 Å². The third kappa shape index (κ3) is 4.28. The third-order valence-corrected chi connectivity index (χ3v) is 5.16. The van der Waals surface area contributed by atoms with E-state index in [0.29, 0.717) is 23.5 Å². The lowest BCUT2D eigenvalue weighted by molar-refractivity contribution is 0.102. The molecular formula is C25H22N4O2. The average Bonchev–Trinajstić information content (AvgIpc) is 2.78. The smallest absolute Gasteiger partial charge is 0.261 e. The zero-order valence-corrected chi connectivity index (χ0v) is 17.4. The van der Waals surface area contributed by atoms with E-state index in [4.69, 9.17) is 0 Å². The number of anilines is 1. The molecule has 154 valence electrons. The van der Waals surface area contributed by atoms with Gasteiger partial charge in [0.1, 0.15) is 5.56 Å². The molecule has 0 aliphatic rings. The van der Waals surface area contributed by atoms with Crippen LogP contribution in [-0.2, 0) is 6.54 Å². The summed E-state index contributed by atoms with van der Waals surface area (Å²) in [6.07, 6.45) is 6.78. The molecule has 3 aromatic heterocycles. The summed E-state index contributed by atoms with van der Waals surface area (Å²) in [5.41, 5.74) is 4.37. The molecule has 1 aromatic carbocycles. The molecule has 0 unspecified atom stereocenters. The van der Waals surface area contributed by atoms with Gasteiger partial charge in [-0.05, 0) is 55.3 Å². The number of hydrogen-bond acceptors (Lipinski definition) is 4. The molecule has 6 heteroatoms. The van der Waals surface area contributed by atoms with Gasteiger partial charge in [0, 0.05) is 54.3 Å². The minimum atomic E-state index is -0.443. The van der Waals surface area contributed by atoms with Crippen molar-refractivity contribution in [2.75, 3.05) is 5.32 Å². The highest BCUT2D eigenvalue weighted by Gasteiger charge is 2.22. The minimum absolute atomic E-state index is 0.0934. The van der Waals surface area contributed by atoms with Crippen LogP contribution in [0.4, 0.5) is 5.69 Å². The number of carbonyl (C=O) groups is 1. The van der Waals surface area contributed by atoms with Crippen LogP contribution < -0.4 is 10.7 Å². The van der Waals surface area contributed by atoms with Crippen molar-refractivity contribution in [3.63, 3.8) is 0 Å². The molecule has 4 rings (SSSR count). The fourth-order valence-electron chi connectivity index (χ4n) is 3.56. The molecular weight excluding hydrogens is 388 g/mol. The second kappa shape index (κ2) is 8.75. The van der Waals surface area contributed by atoms with E-state index in [9.17, 15) is 9.59 Å². The van der Waals surface area contributed by atoms with E-state index in [2.05, 4.69) is 15.3 Å². The number of rotatable bonds is 5. The number of para-hydroxylation sites is 1. The Morgan fingerprint density at radius 2 is 1.74 bits per heavy atom. The van der Waals surface area contributed by atoms with Gasteiger partial charge in [0.2, 0.25) is 0 Å². The number of aryl methyl sites for hydroxylation is 2. The molecule has 31 heavy (non-hydrogen) atoms. The number of pyridine rings is 3. The number of aromatic nitrogens is 3. The van der Waals surface area contributed by atoms with E-state index >= 15 is 0 Å². The predicted molar refractivity (Wildman–Crippen MR) is 121 cm³/mol. The topological polar surface area (TPSA) is 76.9 Å². The first kappa shape index (κ1) is 20.2. The number of carbonyl (C=O) groups excluding carboxylic acids is 1. The van der Waals surface area contributed by atoms with Crippen LogP contribution in [-0.4, -0.2) is 20.4 Å². The molecule has 6 nitrogen and oxygen atoms in total. The first-order chi connectivity index (χ1) is 15.0. The normalized spacial score (nSPS) is 10.6. The summed E-state index contributed by atoms with van der Waals surface area (Å²) in [5.74, 6) is -0.443. The number of benzene rings is 1. The standard InChI is InChI=1S/C25H22N4O2/c1-17-6-3-4-8-21(17)28-25(31)23-22(30)14-18(2)29(16-19-9-12-26-13-10-19)24(23)20-7-5-11-27-15-20/h3-15H,16H2,1-2H3,(H,28,31). The fourth-order valence-corrected chi connectivity index (χ4v) is 3.56. The molecule has 0 aliphatic carbocycles. The van der Waals surface area contributed by atoms with Gasteiger partial charge in [-0.25, -0.2) is 0 Å². The number of amides is 1. The third-order valence-electron chi connectivity index (χ3n) is 5.16. The van der Waals surface area contributed by atoms with Gasteiger partial charge >= 0.3 is 0 Å². The molecule has 1 amide bonds. The minimum Gasteiger partial charge on any atom is -0.340 e. The lowest BCUT2D eigenvalue weighted by atomic mass is 10.0. The van der Waals surface area contributed by atoms with Gasteiger partial charge in [0.15, 0.2) is 5.43 Å². The number of nitrogens with one attached hydrogen (secondary N) is 1. The Morgan fingerprint density at radius 3 is 2.45 bits per heavy atom. The first-order valence-electron chi connectivity index (χ1n) is 9.95. The van der Waals surface area contributed by atoms with E-state index in [1.165, 1.54) is 6.07 Å². The maximum atomic E-state index is 13.3. The maximum absolute atomic E-state index is 13.3. The molecule has 0 fully saturated rings. The summed E-state index contributed by atoms with van der Waals surface area (Å²) >= 11 is 0. The van der Waals surface area contributed by atoms with Gasteiger partial charge in [-0.15, -0.1) is 0 Å². The Labute approximate surface area is 180 Å². The van der Waals surface area contributed by atoms with E-state index in [-0.39, 0.29) is 11.0 Å². The summed E-state index contributed by atoms with van der Waals surface area (Å²) < 4.78 is 1.97. The molecule has 0 saturated carbocycles. The van der Waals surface area contributed by atoms with Crippen LogP contribution in [0.3, 0.4) is 0 Å². The Morgan fingerprint density at radius 1 is 0.968 bits per heavy atom. The van der Waals surface area contributed by atoms with Crippen LogP contribution in [0.15, 0.2) is 84.2 Å². The maximum Gasteiger partial charge on any atom is 0.261 e. The summed E-state index contributed by atoms with van der Waals surface area (Å²) in [6, 6.07) is 16.5. The van der Waals surface area contributed by atoms with Gasteiger partial charge in [0.25, 0.3) is 5.91 Å². The van der Waals surface area contributed by atoms with Crippen molar-refractivity contribution in [2.45, 2.75) is 20.4 Å². The predicted octanol–water partition coefficient (Wildman–Crippen LogP) is 4.22. The van der Waals surface area contributed by atoms with Crippen LogP contribution in [0.5, 0.6) is 0 Å². The van der Waals surface area contributed by atoms with Crippen molar-refractivity contribution in [3.05, 3.63) is 112 Å². The summed E-state index contributed by atoms with van der Waals surface area (Å²) in [6.45, 7) is 4.27. The fraction of sp³-hybridized carbons (Fsp3) is 0.120. The van der Waals surface area contributed by atoms with Crippen LogP contribution in [0.25, 0.3) is 11.3 Å². The Kier molecular flexibility index (Phi) is 5.71. The van der Waals surface area contributed by atoms with Gasteiger partial charge < -0.3 is 9.88 Å². The monoisotopic (exact) mass is 410 g/mol. The second-order valence-electron chi connectivity index (χ2n) is 7.33. The van der Waals surface area contributed by atoms with Crippen molar-refractivity contribution in [3.8, 4) is 11.3 Å². The molecule has 4 aromatic rings. The summed E-state index contributed by atoms with van der Waals surface area (Å²) in [5, 5.41) is 2.91. The molecule has 0 bridgehead atoms. The van der Waals surface area contributed by atoms with E-state index in [1.807, 2.05) is 60.9 Å². The zero-order chi connectivity index (χ0) is 21.8. The van der Waals surface area contributed by atoms with E-state index < -0.39 is 5.91 Å². The average molecular weight is 410 g/mol. The van der Waals surface area contributed by atoms with Crippen molar-refractivity contribution in [1.29, 1.82) is 0 Å². The van der Waals surface area contributed by atoms with Crippen LogP contribution in [0, 0.1) is 13.8 Å². The second-order valence-corrected chi connectivity index (χ2v) is 7.33. The number of hydrogen-bond donors (Lipinski definition) is 1. The molecule has 3 heterocycles. The quantitative estimate of drug-likeness (QED) is 0.534. The summed E-state index contributed by atoms with van der Waals surface area (Å²) in [4.78, 5) is 34.7. The highest BCUT2D eigenvalue weighted by atomic mass is 16.2. The molecule has 0 spiro atoms. The van der Waals surface area contributed by atoms with E-state index in [0.717, 1.165) is 16.8 Å². The molecule has 0 atom stereocenters. The van der Waals surface area contributed by atoms with E-state index in [1.54, 1.807) is 30.9 Å². The number of nitrogens with zero attached hydrogens (tertiary/aromatic N) is 3. The van der Waals surface area contributed by atoms with Gasteiger partial charge in [0.05, 0.1) is 5.69 Å². The molecule has 0 aliphatic heterocycles. The summed E-state index contributed by atoms with van der Waals surface area (Å²) in [7, 11) is 0. The van der Waals surface area contributed by atoms with Crippen molar-refractivity contribution < 1.29 is 4.79 Å². The molecule has 0 radical (unpaired) electrons. The first-order valence-corrected chi connectivity index (χ1v) is 9.95. The van der Waals surface area contributed by atoms with Crippen molar-refractivity contribution in [2.24, 2.45) is 0 Å².